The fourth-order valence-electron chi connectivity index (χ4n) is 3.35. The van der Waals surface area contributed by atoms with E-state index < -0.39 is 0 Å². The number of halogens is 2. The molecular weight excluding hydrogens is 408 g/mol. The number of aromatic nitrogens is 1. The normalized spacial score (nSPS) is 16.3. The second kappa shape index (κ2) is 7.50. The van der Waals surface area contributed by atoms with Gasteiger partial charge in [0.25, 0.3) is 0 Å². The van der Waals surface area contributed by atoms with Gasteiger partial charge in [0.2, 0.25) is 5.13 Å². The molecule has 0 radical (unpaired) electrons. The predicted octanol–water partition coefficient (Wildman–Crippen LogP) is 6.51. The first kappa shape index (κ1) is 18.1. The van der Waals surface area contributed by atoms with Crippen LogP contribution in [0.1, 0.15) is 22.9 Å². The van der Waals surface area contributed by atoms with Crippen molar-refractivity contribution in [1.29, 1.82) is 0 Å². The number of hydrogen-bond donors (Lipinski definition) is 0. The molecule has 0 unspecified atom stereocenters. The van der Waals surface area contributed by atoms with Gasteiger partial charge in [-0.3, -0.25) is 0 Å². The standard InChI is InChI=1S/C22H15F2N3S2/c23-16-7-3-14(4-8-16)19-13-29-22(25-19)27-20(15-5-9-17(24)10-6-15)12-18(26-27)21-2-1-11-28-21/h1-11,13,20H,12H2/t20-/m1/s1. The maximum atomic E-state index is 13.4. The maximum Gasteiger partial charge on any atom is 0.207 e. The highest BCUT2D eigenvalue weighted by molar-refractivity contribution is 7.14. The minimum absolute atomic E-state index is 0.0556. The molecule has 29 heavy (non-hydrogen) atoms. The number of thiophene rings is 1. The maximum absolute atomic E-state index is 13.4. The molecule has 4 aromatic rings. The number of nitrogens with zero attached hydrogens (tertiary/aromatic N) is 3. The zero-order valence-corrected chi connectivity index (χ0v) is 16.8. The van der Waals surface area contributed by atoms with Crippen molar-refractivity contribution in [2.75, 3.05) is 5.01 Å². The molecule has 1 atom stereocenters. The van der Waals surface area contributed by atoms with Crippen LogP contribution in [0.15, 0.2) is 76.5 Å². The molecule has 0 N–H and O–H groups in total. The number of hydrogen-bond acceptors (Lipinski definition) is 5. The number of rotatable bonds is 4. The van der Waals surface area contributed by atoms with Gasteiger partial charge >= 0.3 is 0 Å². The molecule has 0 fully saturated rings. The lowest BCUT2D eigenvalue weighted by molar-refractivity contribution is 0.624. The summed E-state index contributed by atoms with van der Waals surface area (Å²) >= 11 is 3.14. The zero-order chi connectivity index (χ0) is 19.8. The van der Waals surface area contributed by atoms with Crippen LogP contribution in [0.2, 0.25) is 0 Å². The Kier molecular flexibility index (Phi) is 4.69. The smallest absolute Gasteiger partial charge is 0.207 e. The van der Waals surface area contributed by atoms with E-state index in [4.69, 9.17) is 10.1 Å². The van der Waals surface area contributed by atoms with Gasteiger partial charge in [0.15, 0.2) is 0 Å². The van der Waals surface area contributed by atoms with E-state index in [0.29, 0.717) is 0 Å². The van der Waals surface area contributed by atoms with Crippen LogP contribution in [0, 0.1) is 11.6 Å². The van der Waals surface area contributed by atoms with E-state index in [1.807, 2.05) is 21.8 Å². The van der Waals surface area contributed by atoms with E-state index in [2.05, 4.69) is 6.07 Å². The Morgan fingerprint density at radius 2 is 1.62 bits per heavy atom. The average molecular weight is 424 g/mol. The Bertz CT molecular complexity index is 1150. The second-order valence-corrected chi connectivity index (χ2v) is 8.45. The van der Waals surface area contributed by atoms with Gasteiger partial charge in [-0.15, -0.1) is 22.7 Å². The van der Waals surface area contributed by atoms with Crippen molar-refractivity contribution in [2.24, 2.45) is 5.10 Å². The summed E-state index contributed by atoms with van der Waals surface area (Å²) in [6.07, 6.45) is 0.720. The fourth-order valence-corrected chi connectivity index (χ4v) is 4.90. The van der Waals surface area contributed by atoms with E-state index in [1.165, 1.54) is 35.6 Å². The van der Waals surface area contributed by atoms with Crippen molar-refractivity contribution < 1.29 is 8.78 Å². The molecule has 1 aliphatic heterocycles. The van der Waals surface area contributed by atoms with Crippen molar-refractivity contribution in [3.63, 3.8) is 0 Å². The molecule has 0 spiro atoms. The van der Waals surface area contributed by atoms with Gasteiger partial charge in [-0.05, 0) is 53.4 Å². The topological polar surface area (TPSA) is 28.5 Å². The summed E-state index contributed by atoms with van der Waals surface area (Å²) in [7, 11) is 0. The number of anilines is 1. The van der Waals surface area contributed by atoms with Crippen LogP contribution in [0.3, 0.4) is 0 Å². The van der Waals surface area contributed by atoms with Crippen LogP contribution in [0.4, 0.5) is 13.9 Å². The molecule has 0 saturated carbocycles. The zero-order valence-electron chi connectivity index (χ0n) is 15.1. The van der Waals surface area contributed by atoms with Gasteiger partial charge in [-0.2, -0.15) is 5.10 Å². The van der Waals surface area contributed by atoms with Gasteiger partial charge in [0.1, 0.15) is 11.6 Å². The molecule has 1 aliphatic rings. The number of hydrazone groups is 1. The Morgan fingerprint density at radius 1 is 0.897 bits per heavy atom. The van der Waals surface area contributed by atoms with Crippen LogP contribution >= 0.6 is 22.7 Å². The lowest BCUT2D eigenvalue weighted by atomic mass is 10.0. The molecule has 0 aliphatic carbocycles. The monoisotopic (exact) mass is 423 g/mol. The summed E-state index contributed by atoms with van der Waals surface area (Å²) < 4.78 is 26.7. The third-order valence-corrected chi connectivity index (χ3v) is 6.55. The SMILES string of the molecule is Fc1ccc(-c2csc(N3N=C(c4cccs4)C[C@@H]3c3ccc(F)cc3)n2)cc1. The van der Waals surface area contributed by atoms with Gasteiger partial charge in [0, 0.05) is 17.4 Å². The molecule has 5 rings (SSSR count). The summed E-state index contributed by atoms with van der Waals surface area (Å²) in [4.78, 5) is 5.87. The predicted molar refractivity (Wildman–Crippen MR) is 115 cm³/mol. The molecule has 2 aromatic heterocycles. The third-order valence-electron chi connectivity index (χ3n) is 4.80. The van der Waals surface area contributed by atoms with Crippen LogP contribution < -0.4 is 5.01 Å². The molecule has 3 nitrogen and oxygen atoms in total. The molecule has 2 aromatic carbocycles. The number of thiazole rings is 1. The summed E-state index contributed by atoms with van der Waals surface area (Å²) in [6.45, 7) is 0. The summed E-state index contributed by atoms with van der Waals surface area (Å²) in [6, 6.07) is 16.9. The van der Waals surface area contributed by atoms with Gasteiger partial charge in [-0.1, -0.05) is 18.2 Å². The first-order valence-corrected chi connectivity index (χ1v) is 10.8. The first-order chi connectivity index (χ1) is 14.2. The molecule has 0 bridgehead atoms. The Balaban J connectivity index is 1.52. The highest BCUT2D eigenvalue weighted by Crippen LogP contribution is 2.39. The third kappa shape index (κ3) is 3.59. The summed E-state index contributed by atoms with van der Waals surface area (Å²) in [5.74, 6) is -0.532. The van der Waals surface area contributed by atoms with E-state index >= 15 is 0 Å². The van der Waals surface area contributed by atoms with Crippen LogP contribution in [0.5, 0.6) is 0 Å². The number of benzene rings is 2. The minimum atomic E-state index is -0.273. The van der Waals surface area contributed by atoms with E-state index in [-0.39, 0.29) is 17.7 Å². The lowest BCUT2D eigenvalue weighted by Gasteiger charge is -2.21. The highest BCUT2D eigenvalue weighted by Gasteiger charge is 2.32. The molecule has 0 amide bonds. The van der Waals surface area contributed by atoms with Gasteiger partial charge < -0.3 is 0 Å². The molecule has 7 heteroatoms. The quantitative estimate of drug-likeness (QED) is 0.375. The van der Waals surface area contributed by atoms with Crippen LogP contribution in [-0.4, -0.2) is 10.7 Å². The average Bonchev–Trinajstić information content (AvgIpc) is 3.48. The van der Waals surface area contributed by atoms with Crippen LogP contribution in [0.25, 0.3) is 11.3 Å². The minimum Gasteiger partial charge on any atom is -0.231 e. The van der Waals surface area contributed by atoms with Crippen LogP contribution in [-0.2, 0) is 0 Å². The molecule has 0 saturated heterocycles. The molecule has 144 valence electrons. The van der Waals surface area contributed by atoms with Crippen molar-refractivity contribution in [2.45, 2.75) is 12.5 Å². The van der Waals surface area contributed by atoms with Crippen molar-refractivity contribution in [1.82, 2.24) is 4.98 Å². The first-order valence-electron chi connectivity index (χ1n) is 9.05. The summed E-state index contributed by atoms with van der Waals surface area (Å²) in [5, 5.41) is 11.5. The van der Waals surface area contributed by atoms with E-state index in [1.54, 1.807) is 35.6 Å². The fraction of sp³-hybridized carbons (Fsp3) is 0.0909. The second-order valence-electron chi connectivity index (χ2n) is 6.66. The lowest BCUT2D eigenvalue weighted by Crippen LogP contribution is -2.18. The highest BCUT2D eigenvalue weighted by atomic mass is 32.1. The largest absolute Gasteiger partial charge is 0.231 e. The molecule has 3 heterocycles. The van der Waals surface area contributed by atoms with E-state index in [9.17, 15) is 8.78 Å². The summed E-state index contributed by atoms with van der Waals surface area (Å²) in [5.41, 5.74) is 3.62. The van der Waals surface area contributed by atoms with E-state index in [0.717, 1.165) is 39.0 Å². The van der Waals surface area contributed by atoms with Crippen molar-refractivity contribution in [3.8, 4) is 11.3 Å². The molecular formula is C22H15F2N3S2. The Hall–Kier alpha value is -2.90. The van der Waals surface area contributed by atoms with Gasteiger partial charge in [-0.25, -0.2) is 18.8 Å². The van der Waals surface area contributed by atoms with Crippen molar-refractivity contribution >= 4 is 33.5 Å². The Labute approximate surface area is 174 Å². The Morgan fingerprint density at radius 3 is 2.31 bits per heavy atom. The van der Waals surface area contributed by atoms with Gasteiger partial charge in [0.05, 0.1) is 22.3 Å². The van der Waals surface area contributed by atoms with Crippen molar-refractivity contribution in [3.05, 3.63) is 93.5 Å².